The van der Waals surface area contributed by atoms with E-state index in [1.165, 1.54) is 49.9 Å². The molecular formula is C28H28Br2N6. The molecule has 0 radical (unpaired) electrons. The molecule has 2 saturated carbocycles. The fourth-order valence-corrected chi connectivity index (χ4v) is 8.25. The standard InChI is InChI=1S/2C14H14BrN3/c2*1-8-3-2-4-11(16-8)13-12(15)14-9-5-6-10(7-9)18(14)17-13/h2*2-4,9-10H,5-7H2,1H3/t2*9-,10+/m11/s1. The summed E-state index contributed by atoms with van der Waals surface area (Å²) in [5, 5.41) is 9.58. The van der Waals surface area contributed by atoms with Gasteiger partial charge in [-0.2, -0.15) is 10.2 Å². The summed E-state index contributed by atoms with van der Waals surface area (Å²) in [5.74, 6) is 1.41. The normalized spacial score (nSPS) is 24.6. The second-order valence-corrected chi connectivity index (χ2v) is 12.2. The average molecular weight is 608 g/mol. The summed E-state index contributed by atoms with van der Waals surface area (Å²) in [6.45, 7) is 4.04. The van der Waals surface area contributed by atoms with Gasteiger partial charge in [0.1, 0.15) is 11.4 Å². The van der Waals surface area contributed by atoms with E-state index in [1.54, 1.807) is 0 Å². The monoisotopic (exact) mass is 606 g/mol. The molecule has 0 unspecified atom stereocenters. The van der Waals surface area contributed by atoms with Crippen molar-refractivity contribution in [3.8, 4) is 22.8 Å². The van der Waals surface area contributed by atoms with Crippen molar-refractivity contribution in [2.75, 3.05) is 0 Å². The molecule has 4 aromatic rings. The second kappa shape index (κ2) is 8.62. The number of aromatic nitrogens is 6. The van der Waals surface area contributed by atoms with Crippen molar-refractivity contribution in [1.29, 1.82) is 0 Å². The third-order valence-electron chi connectivity index (χ3n) is 8.31. The first-order valence-corrected chi connectivity index (χ1v) is 14.5. The van der Waals surface area contributed by atoms with E-state index < -0.39 is 0 Å². The highest BCUT2D eigenvalue weighted by Crippen LogP contribution is 2.53. The number of nitrogens with zero attached hydrogens (tertiary/aromatic N) is 6. The van der Waals surface area contributed by atoms with Crippen molar-refractivity contribution in [2.45, 2.75) is 76.3 Å². The van der Waals surface area contributed by atoms with Crippen LogP contribution in [0.4, 0.5) is 0 Å². The Labute approximate surface area is 227 Å². The fourth-order valence-electron chi connectivity index (χ4n) is 6.68. The summed E-state index contributed by atoms with van der Waals surface area (Å²) in [6.07, 6.45) is 7.76. The predicted octanol–water partition coefficient (Wildman–Crippen LogP) is 7.68. The van der Waals surface area contributed by atoms with Gasteiger partial charge in [-0.3, -0.25) is 19.3 Å². The Balaban J connectivity index is 0.000000122. The summed E-state index contributed by atoms with van der Waals surface area (Å²) in [6, 6.07) is 13.5. The van der Waals surface area contributed by atoms with Crippen LogP contribution in [0.2, 0.25) is 0 Å². The molecule has 0 spiro atoms. The lowest BCUT2D eigenvalue weighted by atomic mass is 10.0. The van der Waals surface area contributed by atoms with Crippen molar-refractivity contribution in [3.05, 3.63) is 68.1 Å². The van der Waals surface area contributed by atoms with Gasteiger partial charge in [0, 0.05) is 23.2 Å². The lowest BCUT2D eigenvalue weighted by Gasteiger charge is -2.12. The maximum Gasteiger partial charge on any atom is 0.125 e. The third-order valence-corrected chi connectivity index (χ3v) is 9.88. The molecule has 4 aromatic heterocycles. The quantitative estimate of drug-likeness (QED) is 0.234. The van der Waals surface area contributed by atoms with Gasteiger partial charge in [-0.1, -0.05) is 12.1 Å². The van der Waals surface area contributed by atoms with Gasteiger partial charge in [0.2, 0.25) is 0 Å². The Hall–Kier alpha value is -2.32. The molecular weight excluding hydrogens is 580 g/mol. The highest BCUT2D eigenvalue weighted by atomic mass is 79.9. The highest BCUT2D eigenvalue weighted by molar-refractivity contribution is 9.11. The zero-order chi connectivity index (χ0) is 24.6. The van der Waals surface area contributed by atoms with Crippen LogP contribution in [-0.4, -0.2) is 29.5 Å². The predicted molar refractivity (Wildman–Crippen MR) is 147 cm³/mol. The van der Waals surface area contributed by atoms with Crippen molar-refractivity contribution in [2.24, 2.45) is 0 Å². The molecule has 36 heavy (non-hydrogen) atoms. The SMILES string of the molecule is Cc1cccc(-c2nn3c(c2Br)[C@@H]2CC[C@H]3C2)n1.Cc1cccc(-c2nn3c(c2Br)[C@@H]2CC[C@H]3C2)n1. The maximum atomic E-state index is 4.79. The van der Waals surface area contributed by atoms with E-state index in [2.05, 4.69) is 51.2 Å². The Morgan fingerprint density at radius 2 is 1.11 bits per heavy atom. The first-order chi connectivity index (χ1) is 17.5. The Kier molecular flexibility index (Phi) is 5.47. The van der Waals surface area contributed by atoms with E-state index >= 15 is 0 Å². The van der Waals surface area contributed by atoms with Crippen LogP contribution in [0, 0.1) is 13.8 Å². The van der Waals surface area contributed by atoms with E-state index in [-0.39, 0.29) is 0 Å². The summed E-state index contributed by atoms with van der Waals surface area (Å²) in [5.41, 5.74) is 8.82. The molecule has 0 aromatic carbocycles. The molecule has 4 atom stereocenters. The highest BCUT2D eigenvalue weighted by Gasteiger charge is 2.42. The van der Waals surface area contributed by atoms with Crippen molar-refractivity contribution in [3.63, 3.8) is 0 Å². The maximum absolute atomic E-state index is 4.79. The molecule has 2 aliphatic heterocycles. The van der Waals surface area contributed by atoms with Gasteiger partial charge in [0.25, 0.3) is 0 Å². The molecule has 184 valence electrons. The van der Waals surface area contributed by atoms with Gasteiger partial charge in [-0.15, -0.1) is 0 Å². The second-order valence-electron chi connectivity index (χ2n) is 10.6. The molecule has 0 N–H and O–H groups in total. The molecule has 2 fully saturated rings. The van der Waals surface area contributed by atoms with Gasteiger partial charge in [0.05, 0.1) is 43.8 Å². The van der Waals surface area contributed by atoms with E-state index in [0.29, 0.717) is 23.9 Å². The average Bonchev–Trinajstić information content (AvgIpc) is 3.69. The van der Waals surface area contributed by atoms with Crippen LogP contribution in [0.1, 0.15) is 85.2 Å². The van der Waals surface area contributed by atoms with Crippen molar-refractivity contribution >= 4 is 31.9 Å². The molecule has 4 aliphatic rings. The van der Waals surface area contributed by atoms with Crippen LogP contribution in [0.3, 0.4) is 0 Å². The summed E-state index contributed by atoms with van der Waals surface area (Å²) >= 11 is 7.48. The first-order valence-electron chi connectivity index (χ1n) is 12.9. The number of fused-ring (bicyclic) bond motifs is 10. The van der Waals surface area contributed by atoms with Crippen LogP contribution < -0.4 is 0 Å². The lowest BCUT2D eigenvalue weighted by Crippen LogP contribution is -2.07. The number of hydrogen-bond acceptors (Lipinski definition) is 4. The summed E-state index contributed by atoms with van der Waals surface area (Å²) < 4.78 is 6.79. The Morgan fingerprint density at radius 3 is 1.50 bits per heavy atom. The largest absolute Gasteiger partial charge is 0.264 e. The molecule has 2 aliphatic carbocycles. The summed E-state index contributed by atoms with van der Waals surface area (Å²) in [7, 11) is 0. The van der Waals surface area contributed by atoms with Crippen LogP contribution >= 0.6 is 31.9 Å². The minimum absolute atomic E-state index is 0.625. The third kappa shape index (κ3) is 3.55. The molecule has 8 rings (SSSR count). The van der Waals surface area contributed by atoms with Crippen LogP contribution in [-0.2, 0) is 0 Å². The molecule has 0 saturated heterocycles. The molecule has 6 nitrogen and oxygen atoms in total. The minimum Gasteiger partial charge on any atom is -0.264 e. The van der Waals surface area contributed by atoms with Gasteiger partial charge in [-0.25, -0.2) is 0 Å². The van der Waals surface area contributed by atoms with Gasteiger partial charge < -0.3 is 0 Å². The van der Waals surface area contributed by atoms with Crippen LogP contribution in [0.5, 0.6) is 0 Å². The van der Waals surface area contributed by atoms with E-state index in [9.17, 15) is 0 Å². The van der Waals surface area contributed by atoms with Gasteiger partial charge >= 0.3 is 0 Å². The Morgan fingerprint density at radius 1 is 0.667 bits per heavy atom. The topological polar surface area (TPSA) is 61.4 Å². The molecule has 8 heteroatoms. The lowest BCUT2D eigenvalue weighted by molar-refractivity contribution is 0.477. The van der Waals surface area contributed by atoms with Gasteiger partial charge in [-0.05, 0) is 108 Å². The summed E-state index contributed by atoms with van der Waals surface area (Å²) in [4.78, 5) is 9.16. The number of hydrogen-bond donors (Lipinski definition) is 0. The van der Waals surface area contributed by atoms with Gasteiger partial charge in [0.15, 0.2) is 0 Å². The Bertz CT molecular complexity index is 1380. The fraction of sp³-hybridized carbons (Fsp3) is 0.429. The van der Waals surface area contributed by atoms with Crippen LogP contribution in [0.25, 0.3) is 22.8 Å². The molecule has 0 amide bonds. The van der Waals surface area contributed by atoms with E-state index in [1.807, 2.05) is 50.2 Å². The number of aryl methyl sites for hydroxylation is 2. The first kappa shape index (κ1) is 22.8. The smallest absolute Gasteiger partial charge is 0.125 e. The number of pyridine rings is 2. The number of halogens is 2. The molecule has 4 bridgehead atoms. The van der Waals surface area contributed by atoms with Crippen LogP contribution in [0.15, 0.2) is 45.3 Å². The van der Waals surface area contributed by atoms with Crippen molar-refractivity contribution in [1.82, 2.24) is 29.5 Å². The molecule has 6 heterocycles. The minimum atomic E-state index is 0.625. The van der Waals surface area contributed by atoms with Crippen molar-refractivity contribution < 1.29 is 0 Å². The van der Waals surface area contributed by atoms with E-state index in [4.69, 9.17) is 10.2 Å². The number of rotatable bonds is 2. The van der Waals surface area contributed by atoms with E-state index in [0.717, 1.165) is 43.1 Å². The zero-order valence-electron chi connectivity index (χ0n) is 20.5. The zero-order valence-corrected chi connectivity index (χ0v) is 23.6.